The molecule has 0 radical (unpaired) electrons. The summed E-state index contributed by atoms with van der Waals surface area (Å²) >= 11 is 0. The van der Waals surface area contributed by atoms with Crippen molar-refractivity contribution in [3.63, 3.8) is 0 Å². The van der Waals surface area contributed by atoms with Crippen LogP contribution in [-0.2, 0) is 28.0 Å². The van der Waals surface area contributed by atoms with Crippen molar-refractivity contribution in [1.29, 1.82) is 0 Å². The van der Waals surface area contributed by atoms with Gasteiger partial charge in [0.1, 0.15) is 17.3 Å². The number of anilines is 2. The Morgan fingerprint density at radius 1 is 0.892 bits per heavy atom. The summed E-state index contributed by atoms with van der Waals surface area (Å²) in [6.45, 7) is 0.359. The zero-order valence-electron chi connectivity index (χ0n) is 18.3. The van der Waals surface area contributed by atoms with Gasteiger partial charge in [-0.15, -0.1) is 0 Å². The molecule has 1 aromatic carbocycles. The number of benzene rings is 1. The molecule has 16 heteroatoms. The highest BCUT2D eigenvalue weighted by molar-refractivity contribution is 5.98. The lowest BCUT2D eigenvalue weighted by molar-refractivity contribution is -0.141. The lowest BCUT2D eigenvalue weighted by Crippen LogP contribution is -2.14. The number of hydrogen-bond donors (Lipinski definition) is 1. The van der Waals surface area contributed by atoms with Crippen molar-refractivity contribution in [2.24, 2.45) is 0 Å². The van der Waals surface area contributed by atoms with Gasteiger partial charge in [0.25, 0.3) is 0 Å². The minimum atomic E-state index is -5.11. The van der Waals surface area contributed by atoms with Crippen LogP contribution in [0.1, 0.15) is 23.7 Å². The molecule has 7 nitrogen and oxygen atoms in total. The average molecular weight is 543 g/mol. The maximum absolute atomic E-state index is 13.5. The molecule has 0 spiro atoms. The molecule has 37 heavy (non-hydrogen) atoms. The topological polar surface area (TPSA) is 82.6 Å². The third-order valence-electron chi connectivity index (χ3n) is 4.50. The lowest BCUT2D eigenvalue weighted by atomic mass is 10.1. The van der Waals surface area contributed by atoms with E-state index in [1.54, 1.807) is 0 Å². The van der Waals surface area contributed by atoms with E-state index in [-0.39, 0.29) is 12.4 Å². The van der Waals surface area contributed by atoms with E-state index in [1.165, 1.54) is 6.92 Å². The van der Waals surface area contributed by atoms with Crippen molar-refractivity contribution in [2.45, 2.75) is 25.5 Å². The highest BCUT2D eigenvalue weighted by atomic mass is 19.4. The van der Waals surface area contributed by atoms with Gasteiger partial charge in [-0.25, -0.2) is 14.8 Å². The number of rotatable bonds is 6. The van der Waals surface area contributed by atoms with Crippen molar-refractivity contribution in [3.05, 3.63) is 53.3 Å². The maximum Gasteiger partial charge on any atom is 0.511 e. The summed E-state index contributed by atoms with van der Waals surface area (Å²) in [5.41, 5.74) is -5.57. The van der Waals surface area contributed by atoms with Crippen LogP contribution >= 0.6 is 0 Å². The molecule has 0 bridgehead atoms. The van der Waals surface area contributed by atoms with Gasteiger partial charge in [0.05, 0.1) is 34.3 Å². The summed E-state index contributed by atoms with van der Waals surface area (Å²) < 4.78 is 133. The molecule has 3 rings (SSSR count). The molecule has 0 amide bonds. The van der Waals surface area contributed by atoms with Gasteiger partial charge < -0.3 is 19.5 Å². The minimum Gasteiger partial charge on any atom is -0.456 e. The second kappa shape index (κ2) is 10.2. The lowest BCUT2D eigenvalue weighted by Gasteiger charge is -2.18. The van der Waals surface area contributed by atoms with Crippen LogP contribution < -0.4 is 10.1 Å². The summed E-state index contributed by atoms with van der Waals surface area (Å²) in [5, 5.41) is 1.91. The first-order valence-electron chi connectivity index (χ1n) is 9.95. The van der Waals surface area contributed by atoms with E-state index in [2.05, 4.69) is 24.8 Å². The van der Waals surface area contributed by atoms with Crippen LogP contribution in [0, 0.1) is 0 Å². The molecular weight excluding hydrogens is 529 g/mol. The Kier molecular flexibility index (Phi) is 7.59. The van der Waals surface area contributed by atoms with Crippen LogP contribution in [0.15, 0.2) is 36.5 Å². The molecule has 0 atom stereocenters. The van der Waals surface area contributed by atoms with E-state index in [0.29, 0.717) is 30.5 Å². The van der Waals surface area contributed by atoms with Gasteiger partial charge in [0.2, 0.25) is 6.79 Å². The molecule has 200 valence electrons. The van der Waals surface area contributed by atoms with Crippen LogP contribution in [-0.4, -0.2) is 29.5 Å². The van der Waals surface area contributed by atoms with Crippen LogP contribution in [0.2, 0.25) is 0 Å². The molecular formula is C21H14F9N3O4. The summed E-state index contributed by atoms with van der Waals surface area (Å²) in [6.07, 6.45) is -15.7. The number of pyridine rings is 2. The standard InChI is InChI=1S/C21H14F9N3O4/c1-2-35-18(34)37-9-36-14-7-15(21(28,29)30)32-12-5-11(20(25,26)27)6-13(17(12)14)33-16-4-3-10(8-31-16)19(22,23)24/h3-8H,2,9H2,1H3,(H,31,33). The summed E-state index contributed by atoms with van der Waals surface area (Å²) in [6, 6.07) is 2.56. The quantitative estimate of drug-likeness (QED) is 0.205. The summed E-state index contributed by atoms with van der Waals surface area (Å²) in [4.78, 5) is 18.1. The first-order valence-corrected chi connectivity index (χ1v) is 9.95. The van der Waals surface area contributed by atoms with E-state index in [4.69, 9.17) is 4.74 Å². The van der Waals surface area contributed by atoms with E-state index >= 15 is 0 Å². The highest BCUT2D eigenvalue weighted by Crippen LogP contribution is 2.42. The molecule has 0 aliphatic heterocycles. The van der Waals surface area contributed by atoms with Gasteiger partial charge in [-0.2, -0.15) is 39.5 Å². The Morgan fingerprint density at radius 2 is 1.57 bits per heavy atom. The smallest absolute Gasteiger partial charge is 0.456 e. The molecule has 2 heterocycles. The Balaban J connectivity index is 2.15. The Labute approximate surface area is 201 Å². The molecule has 0 aliphatic carbocycles. The van der Waals surface area contributed by atoms with Crippen LogP contribution in [0.25, 0.3) is 10.9 Å². The van der Waals surface area contributed by atoms with Gasteiger partial charge in [-0.1, -0.05) is 0 Å². The summed E-state index contributed by atoms with van der Waals surface area (Å²) in [7, 11) is 0. The zero-order valence-corrected chi connectivity index (χ0v) is 18.3. The van der Waals surface area contributed by atoms with E-state index in [9.17, 15) is 44.3 Å². The summed E-state index contributed by atoms with van der Waals surface area (Å²) in [5.74, 6) is -1.08. The Bertz CT molecular complexity index is 1270. The molecule has 0 saturated carbocycles. The van der Waals surface area contributed by atoms with E-state index in [0.717, 1.165) is 6.07 Å². The predicted molar refractivity (Wildman–Crippen MR) is 108 cm³/mol. The van der Waals surface area contributed by atoms with Gasteiger partial charge in [-0.05, 0) is 31.2 Å². The third kappa shape index (κ3) is 6.83. The molecule has 0 fully saturated rings. The molecule has 1 N–H and O–H groups in total. The van der Waals surface area contributed by atoms with Crippen LogP contribution in [0.4, 0.5) is 55.8 Å². The molecule has 2 aromatic heterocycles. The first kappa shape index (κ1) is 27.6. The SMILES string of the molecule is CCOC(=O)OCOc1cc(C(F)(F)F)nc2cc(C(F)(F)F)cc(Nc3ccc(C(F)(F)F)cn3)c12. The van der Waals surface area contributed by atoms with Crippen LogP contribution in [0.5, 0.6) is 5.75 Å². The maximum atomic E-state index is 13.5. The molecule has 0 unspecified atom stereocenters. The first-order chi connectivity index (χ1) is 17.1. The fourth-order valence-corrected chi connectivity index (χ4v) is 2.93. The predicted octanol–water partition coefficient (Wildman–Crippen LogP) is 6.94. The van der Waals surface area contributed by atoms with Crippen molar-refractivity contribution in [3.8, 4) is 5.75 Å². The van der Waals surface area contributed by atoms with Crippen molar-refractivity contribution < 1.29 is 58.5 Å². The number of carbonyl (C=O) groups excluding carboxylic acids is 1. The number of nitrogens with zero attached hydrogens (tertiary/aromatic N) is 2. The Morgan fingerprint density at radius 3 is 2.11 bits per heavy atom. The van der Waals surface area contributed by atoms with Crippen molar-refractivity contribution in [2.75, 3.05) is 18.7 Å². The number of alkyl halides is 9. The van der Waals surface area contributed by atoms with E-state index < -0.39 is 70.6 Å². The van der Waals surface area contributed by atoms with Gasteiger partial charge >= 0.3 is 24.7 Å². The number of ether oxygens (including phenoxy) is 3. The molecule has 0 saturated heterocycles. The molecule has 0 aliphatic rings. The third-order valence-corrected chi connectivity index (χ3v) is 4.50. The largest absolute Gasteiger partial charge is 0.511 e. The number of fused-ring (bicyclic) bond motifs is 1. The normalized spacial score (nSPS) is 12.4. The van der Waals surface area contributed by atoms with Gasteiger partial charge in [-0.3, -0.25) is 0 Å². The number of nitrogens with one attached hydrogen (secondary N) is 1. The van der Waals surface area contributed by atoms with Gasteiger partial charge in [0, 0.05) is 12.3 Å². The fourth-order valence-electron chi connectivity index (χ4n) is 2.93. The minimum absolute atomic E-state index is 0.0936. The van der Waals surface area contributed by atoms with E-state index in [1.807, 2.05) is 0 Å². The average Bonchev–Trinajstić information content (AvgIpc) is 2.77. The highest BCUT2D eigenvalue weighted by Gasteiger charge is 2.36. The van der Waals surface area contributed by atoms with Gasteiger partial charge in [0.15, 0.2) is 0 Å². The zero-order chi connectivity index (χ0) is 27.6. The monoisotopic (exact) mass is 543 g/mol. The number of carbonyl (C=O) groups is 1. The van der Waals surface area contributed by atoms with Crippen molar-refractivity contribution >= 4 is 28.6 Å². The second-order valence-corrected chi connectivity index (χ2v) is 7.06. The van der Waals surface area contributed by atoms with Crippen molar-refractivity contribution in [1.82, 2.24) is 9.97 Å². The van der Waals surface area contributed by atoms with Crippen LogP contribution in [0.3, 0.4) is 0 Å². The second-order valence-electron chi connectivity index (χ2n) is 7.06. The number of aromatic nitrogens is 2. The number of hydrogen-bond acceptors (Lipinski definition) is 7. The number of halogens is 9. The fraction of sp³-hybridized carbons (Fsp3) is 0.286. The molecule has 3 aromatic rings. The Hall–Kier alpha value is -3.98.